The van der Waals surface area contributed by atoms with Crippen LogP contribution in [-0.4, -0.2) is 29.6 Å². The van der Waals surface area contributed by atoms with Gasteiger partial charge in [0.15, 0.2) is 0 Å². The second kappa shape index (κ2) is 4.74. The van der Waals surface area contributed by atoms with Gasteiger partial charge in [-0.25, -0.2) is 8.78 Å². The van der Waals surface area contributed by atoms with Crippen LogP contribution in [0.3, 0.4) is 0 Å². The second-order valence-electron chi connectivity index (χ2n) is 2.41. The number of hydrogen-bond acceptors (Lipinski definition) is 3. The normalized spacial score (nSPS) is 11.0. The second-order valence-corrected chi connectivity index (χ2v) is 2.41. The first-order valence-electron chi connectivity index (χ1n) is 3.62. The summed E-state index contributed by atoms with van der Waals surface area (Å²) >= 11 is 0. The minimum Gasteiger partial charge on any atom is -0.481 e. The number of ether oxygens (including phenoxy) is 1. The van der Waals surface area contributed by atoms with Crippen LogP contribution in [0, 0.1) is 0 Å². The topological polar surface area (TPSA) is 63.6 Å². The maximum absolute atomic E-state index is 12.6. The van der Waals surface area contributed by atoms with Gasteiger partial charge in [0.05, 0.1) is 6.61 Å². The maximum Gasteiger partial charge on any atom is 0.311 e. The molecule has 0 bridgehead atoms. The summed E-state index contributed by atoms with van der Waals surface area (Å²) in [5, 5.41) is 8.06. The van der Waals surface area contributed by atoms with Crippen molar-refractivity contribution in [2.75, 3.05) is 6.61 Å². The molecule has 0 aliphatic heterocycles. The van der Waals surface area contributed by atoms with E-state index >= 15 is 0 Å². The number of carboxylic acid groups (broad SMARTS) is 1. The number of aliphatic carboxylic acids is 1. The number of alkyl halides is 2. The van der Waals surface area contributed by atoms with E-state index in [0.717, 1.165) is 0 Å². The van der Waals surface area contributed by atoms with Crippen LogP contribution in [0.25, 0.3) is 0 Å². The summed E-state index contributed by atoms with van der Waals surface area (Å²) in [6.45, 7) is 1.48. The summed E-state index contributed by atoms with van der Waals surface area (Å²) in [5.41, 5.74) is 0. The van der Waals surface area contributed by atoms with E-state index in [1.54, 1.807) is 0 Å². The highest BCUT2D eigenvalue weighted by atomic mass is 19.3. The lowest BCUT2D eigenvalue weighted by molar-refractivity contribution is -0.155. The Bertz CT molecular complexity index is 203. The van der Waals surface area contributed by atoms with Gasteiger partial charge in [0.25, 0.3) is 5.92 Å². The Morgan fingerprint density at radius 2 is 1.92 bits per heavy atom. The van der Waals surface area contributed by atoms with E-state index in [-0.39, 0.29) is 6.61 Å². The van der Waals surface area contributed by atoms with Crippen LogP contribution in [0.1, 0.15) is 19.8 Å². The van der Waals surface area contributed by atoms with Gasteiger partial charge in [-0.1, -0.05) is 0 Å². The highest BCUT2D eigenvalue weighted by molar-refractivity contribution is 5.73. The number of hydrogen-bond donors (Lipinski definition) is 1. The molecule has 0 unspecified atom stereocenters. The molecule has 13 heavy (non-hydrogen) atoms. The first-order chi connectivity index (χ1) is 5.87. The van der Waals surface area contributed by atoms with Crippen LogP contribution in [0.5, 0.6) is 0 Å². The molecule has 0 aliphatic carbocycles. The fourth-order valence-electron chi connectivity index (χ4n) is 0.707. The molecule has 0 saturated heterocycles. The summed E-state index contributed by atoms with van der Waals surface area (Å²) in [6, 6.07) is 0. The fourth-order valence-corrected chi connectivity index (χ4v) is 0.707. The number of rotatable bonds is 5. The number of carbonyl (C=O) groups excluding carboxylic acids is 1. The molecule has 0 aliphatic rings. The van der Waals surface area contributed by atoms with Crippen molar-refractivity contribution in [2.45, 2.75) is 25.7 Å². The first-order valence-corrected chi connectivity index (χ1v) is 3.62. The highest BCUT2D eigenvalue weighted by Gasteiger charge is 2.35. The van der Waals surface area contributed by atoms with E-state index in [9.17, 15) is 18.4 Å². The molecule has 0 aromatic carbocycles. The Kier molecular flexibility index (Phi) is 4.30. The van der Waals surface area contributed by atoms with Crippen molar-refractivity contribution in [1.82, 2.24) is 0 Å². The monoisotopic (exact) mass is 196 g/mol. The van der Waals surface area contributed by atoms with Crippen molar-refractivity contribution >= 4 is 11.9 Å². The van der Waals surface area contributed by atoms with Gasteiger partial charge in [0, 0.05) is 0 Å². The van der Waals surface area contributed by atoms with Crippen LogP contribution < -0.4 is 0 Å². The Morgan fingerprint density at radius 3 is 2.31 bits per heavy atom. The van der Waals surface area contributed by atoms with E-state index in [0.29, 0.717) is 0 Å². The summed E-state index contributed by atoms with van der Waals surface area (Å²) in [7, 11) is 0. The summed E-state index contributed by atoms with van der Waals surface area (Å²) in [5.74, 6) is -6.26. The molecule has 0 heterocycles. The molecule has 76 valence electrons. The third-order valence-corrected chi connectivity index (χ3v) is 1.12. The van der Waals surface area contributed by atoms with Crippen LogP contribution in [0.2, 0.25) is 0 Å². The minimum atomic E-state index is -3.53. The van der Waals surface area contributed by atoms with Crippen LogP contribution in [0.4, 0.5) is 8.78 Å². The Balaban J connectivity index is 4.00. The number of carboxylic acids is 1. The van der Waals surface area contributed by atoms with E-state index in [1.807, 2.05) is 0 Å². The summed E-state index contributed by atoms with van der Waals surface area (Å²) in [6.07, 6.45) is -2.54. The molecule has 0 rings (SSSR count). The largest absolute Gasteiger partial charge is 0.481 e. The number of halogens is 2. The van der Waals surface area contributed by atoms with E-state index in [1.165, 1.54) is 6.92 Å². The molecular weight excluding hydrogens is 186 g/mol. The average molecular weight is 196 g/mol. The summed E-state index contributed by atoms with van der Waals surface area (Å²) in [4.78, 5) is 20.5. The molecule has 0 fully saturated rings. The zero-order chi connectivity index (χ0) is 10.5. The Hall–Kier alpha value is -1.20. The summed E-state index contributed by atoms with van der Waals surface area (Å²) < 4.78 is 29.4. The maximum atomic E-state index is 12.6. The van der Waals surface area contributed by atoms with Gasteiger partial charge in [-0.3, -0.25) is 9.59 Å². The van der Waals surface area contributed by atoms with E-state index in [4.69, 9.17) is 5.11 Å². The Labute approximate surface area is 73.5 Å². The smallest absolute Gasteiger partial charge is 0.311 e. The lowest BCUT2D eigenvalue weighted by atomic mass is 10.2. The van der Waals surface area contributed by atoms with Crippen LogP contribution in [-0.2, 0) is 14.3 Å². The molecule has 0 aromatic heterocycles. The zero-order valence-corrected chi connectivity index (χ0v) is 7.05. The molecular formula is C7H10F2O4. The van der Waals surface area contributed by atoms with Gasteiger partial charge < -0.3 is 9.84 Å². The van der Waals surface area contributed by atoms with Crippen molar-refractivity contribution in [3.05, 3.63) is 0 Å². The van der Waals surface area contributed by atoms with Gasteiger partial charge in [0.2, 0.25) is 0 Å². The van der Waals surface area contributed by atoms with Crippen molar-refractivity contribution < 1.29 is 28.2 Å². The first kappa shape index (κ1) is 11.8. The SMILES string of the molecule is CCOC(=O)CC(F)(F)CC(=O)O. The number of carbonyl (C=O) groups is 2. The predicted molar refractivity (Wildman–Crippen MR) is 38.4 cm³/mol. The molecule has 0 radical (unpaired) electrons. The van der Waals surface area contributed by atoms with Crippen molar-refractivity contribution in [3.8, 4) is 0 Å². The van der Waals surface area contributed by atoms with Crippen molar-refractivity contribution in [2.24, 2.45) is 0 Å². The zero-order valence-electron chi connectivity index (χ0n) is 7.05. The predicted octanol–water partition coefficient (Wildman–Crippen LogP) is 1.05. The quantitative estimate of drug-likeness (QED) is 0.667. The molecule has 1 N–H and O–H groups in total. The molecule has 6 heteroatoms. The molecule has 0 aromatic rings. The fraction of sp³-hybridized carbons (Fsp3) is 0.714. The standard InChI is InChI=1S/C7H10F2O4/c1-2-13-6(12)4-7(8,9)3-5(10)11/h2-4H2,1H3,(H,10,11). The highest BCUT2D eigenvalue weighted by Crippen LogP contribution is 2.23. The van der Waals surface area contributed by atoms with Crippen LogP contribution >= 0.6 is 0 Å². The lowest BCUT2D eigenvalue weighted by Gasteiger charge is -2.12. The third-order valence-electron chi connectivity index (χ3n) is 1.12. The van der Waals surface area contributed by atoms with Gasteiger partial charge in [0.1, 0.15) is 12.8 Å². The lowest BCUT2D eigenvalue weighted by Crippen LogP contribution is -2.25. The van der Waals surface area contributed by atoms with Gasteiger partial charge in [-0.15, -0.1) is 0 Å². The molecule has 4 nitrogen and oxygen atoms in total. The van der Waals surface area contributed by atoms with Crippen molar-refractivity contribution in [1.29, 1.82) is 0 Å². The molecule has 0 saturated carbocycles. The van der Waals surface area contributed by atoms with Crippen molar-refractivity contribution in [3.63, 3.8) is 0 Å². The molecule has 0 atom stereocenters. The van der Waals surface area contributed by atoms with Gasteiger partial charge in [-0.05, 0) is 6.92 Å². The van der Waals surface area contributed by atoms with Gasteiger partial charge in [-0.2, -0.15) is 0 Å². The van der Waals surface area contributed by atoms with E-state index < -0.39 is 30.7 Å². The third kappa shape index (κ3) is 6.01. The molecule has 0 spiro atoms. The number of esters is 1. The van der Waals surface area contributed by atoms with E-state index in [2.05, 4.69) is 4.74 Å². The average Bonchev–Trinajstić information content (AvgIpc) is 1.81. The Morgan fingerprint density at radius 1 is 1.38 bits per heavy atom. The van der Waals surface area contributed by atoms with Crippen LogP contribution in [0.15, 0.2) is 0 Å². The molecule has 0 amide bonds. The minimum absolute atomic E-state index is 0.00197. The van der Waals surface area contributed by atoms with Gasteiger partial charge >= 0.3 is 11.9 Å².